The number of hydrogen-bond acceptors (Lipinski definition) is 6. The summed E-state index contributed by atoms with van der Waals surface area (Å²) in [6, 6.07) is 22.8. The fourth-order valence-electron chi connectivity index (χ4n) is 4.79. The number of likely N-dealkylation sites (tertiary alicyclic amines) is 1. The van der Waals surface area contributed by atoms with Crippen molar-refractivity contribution in [3.63, 3.8) is 0 Å². The number of rotatable bonds is 6. The fraction of sp³-hybridized carbons (Fsp3) is 0.259. The monoisotopic (exact) mass is 498 g/mol. The molecule has 0 aliphatic carbocycles. The van der Waals surface area contributed by atoms with Crippen LogP contribution in [0.5, 0.6) is 0 Å². The predicted octanol–water partition coefficient (Wildman–Crippen LogP) is 5.97. The maximum Gasteiger partial charge on any atom is 0.199 e. The van der Waals surface area contributed by atoms with Crippen molar-refractivity contribution >= 4 is 33.8 Å². The van der Waals surface area contributed by atoms with Crippen molar-refractivity contribution in [1.82, 2.24) is 29.2 Å². The van der Waals surface area contributed by atoms with Crippen molar-refractivity contribution in [2.45, 2.75) is 32.0 Å². The standard InChI is InChI=1S/C27H26N6S2/c34-27-32(17-20-8-2-1-3-9-20)25(21-10-6-14-28-16-21)30-33(27)19-31-15-7-11-22(18-31)26-29-23-12-4-5-13-24(23)35-26/h1-6,8-10,12-14,16,22H,7,11,15,17-19H2. The van der Waals surface area contributed by atoms with Gasteiger partial charge in [-0.3, -0.25) is 14.5 Å². The maximum atomic E-state index is 5.95. The zero-order chi connectivity index (χ0) is 23.6. The van der Waals surface area contributed by atoms with Gasteiger partial charge in [-0.25, -0.2) is 9.67 Å². The number of nitrogens with zero attached hydrogens (tertiary/aromatic N) is 6. The van der Waals surface area contributed by atoms with E-state index in [-0.39, 0.29) is 0 Å². The summed E-state index contributed by atoms with van der Waals surface area (Å²) in [5.41, 5.74) is 3.27. The molecule has 1 atom stereocenters. The minimum Gasteiger partial charge on any atom is -0.295 e. The first kappa shape index (κ1) is 22.3. The molecular formula is C27H26N6S2. The third kappa shape index (κ3) is 4.69. The normalized spacial score (nSPS) is 16.6. The summed E-state index contributed by atoms with van der Waals surface area (Å²) < 4.78 is 6.09. The zero-order valence-corrected chi connectivity index (χ0v) is 21.0. The summed E-state index contributed by atoms with van der Waals surface area (Å²) in [5.74, 6) is 1.30. The molecule has 1 aliphatic heterocycles. The van der Waals surface area contributed by atoms with Gasteiger partial charge in [-0.05, 0) is 61.4 Å². The van der Waals surface area contributed by atoms with Crippen molar-refractivity contribution in [3.05, 3.63) is 94.5 Å². The van der Waals surface area contributed by atoms with E-state index in [0.29, 0.717) is 19.1 Å². The van der Waals surface area contributed by atoms with E-state index >= 15 is 0 Å². The van der Waals surface area contributed by atoms with E-state index in [1.807, 2.05) is 40.4 Å². The smallest absolute Gasteiger partial charge is 0.199 e. The summed E-state index contributed by atoms with van der Waals surface area (Å²) in [4.78, 5) is 11.7. The molecule has 5 aromatic rings. The van der Waals surface area contributed by atoms with Gasteiger partial charge in [0, 0.05) is 30.4 Å². The molecule has 3 aromatic heterocycles. The highest BCUT2D eigenvalue weighted by molar-refractivity contribution is 7.71. The summed E-state index contributed by atoms with van der Waals surface area (Å²) in [7, 11) is 0. The lowest BCUT2D eigenvalue weighted by atomic mass is 9.99. The minimum atomic E-state index is 0.444. The first-order valence-electron chi connectivity index (χ1n) is 11.9. The number of piperidine rings is 1. The molecule has 0 bridgehead atoms. The predicted molar refractivity (Wildman–Crippen MR) is 143 cm³/mol. The van der Waals surface area contributed by atoms with Gasteiger partial charge in [-0.15, -0.1) is 11.3 Å². The molecule has 2 aromatic carbocycles. The van der Waals surface area contributed by atoms with Crippen LogP contribution in [0.1, 0.15) is 29.3 Å². The van der Waals surface area contributed by atoms with Gasteiger partial charge in [0.25, 0.3) is 0 Å². The van der Waals surface area contributed by atoms with Crippen LogP contribution in [-0.2, 0) is 13.2 Å². The van der Waals surface area contributed by atoms with Gasteiger partial charge in [0.15, 0.2) is 10.6 Å². The third-order valence-electron chi connectivity index (χ3n) is 6.53. The number of benzene rings is 2. The number of fused-ring (bicyclic) bond motifs is 1. The summed E-state index contributed by atoms with van der Waals surface area (Å²) in [6.07, 6.45) is 5.96. The summed E-state index contributed by atoms with van der Waals surface area (Å²) in [6.45, 7) is 3.36. The van der Waals surface area contributed by atoms with E-state index < -0.39 is 0 Å². The molecule has 8 heteroatoms. The van der Waals surface area contributed by atoms with Gasteiger partial charge in [0.1, 0.15) is 0 Å². The van der Waals surface area contributed by atoms with Gasteiger partial charge in [-0.1, -0.05) is 42.5 Å². The summed E-state index contributed by atoms with van der Waals surface area (Å²) >= 11 is 7.78. The highest BCUT2D eigenvalue weighted by atomic mass is 32.1. The molecule has 0 N–H and O–H groups in total. The molecule has 35 heavy (non-hydrogen) atoms. The van der Waals surface area contributed by atoms with Crippen LogP contribution in [0.25, 0.3) is 21.6 Å². The van der Waals surface area contributed by atoms with E-state index in [9.17, 15) is 0 Å². The van der Waals surface area contributed by atoms with E-state index in [0.717, 1.165) is 41.2 Å². The van der Waals surface area contributed by atoms with Gasteiger partial charge in [-0.2, -0.15) is 5.10 Å². The molecule has 0 amide bonds. The van der Waals surface area contributed by atoms with Gasteiger partial charge in [0.2, 0.25) is 0 Å². The highest BCUT2D eigenvalue weighted by Crippen LogP contribution is 2.33. The Kier molecular flexibility index (Phi) is 6.24. The van der Waals surface area contributed by atoms with Gasteiger partial charge in [0.05, 0.1) is 28.4 Å². The highest BCUT2D eigenvalue weighted by Gasteiger charge is 2.25. The van der Waals surface area contributed by atoms with E-state index in [1.54, 1.807) is 6.20 Å². The van der Waals surface area contributed by atoms with Crippen LogP contribution in [0, 0.1) is 4.77 Å². The fourth-order valence-corrected chi connectivity index (χ4v) is 6.13. The van der Waals surface area contributed by atoms with E-state index in [4.69, 9.17) is 22.3 Å². The molecule has 6 nitrogen and oxygen atoms in total. The van der Waals surface area contributed by atoms with Crippen molar-refractivity contribution < 1.29 is 0 Å². The van der Waals surface area contributed by atoms with Crippen molar-refractivity contribution in [2.24, 2.45) is 0 Å². The quantitative estimate of drug-likeness (QED) is 0.270. The van der Waals surface area contributed by atoms with Crippen molar-refractivity contribution in [1.29, 1.82) is 0 Å². The Morgan fingerprint density at radius 3 is 2.69 bits per heavy atom. The van der Waals surface area contributed by atoms with Gasteiger partial charge < -0.3 is 0 Å². The molecule has 0 saturated carbocycles. The van der Waals surface area contributed by atoms with E-state index in [1.165, 1.54) is 21.7 Å². The lowest BCUT2D eigenvalue weighted by Gasteiger charge is -2.31. The van der Waals surface area contributed by atoms with Gasteiger partial charge >= 0.3 is 0 Å². The van der Waals surface area contributed by atoms with Crippen molar-refractivity contribution in [2.75, 3.05) is 13.1 Å². The second kappa shape index (κ2) is 9.81. The first-order chi connectivity index (χ1) is 17.2. The number of aromatic nitrogens is 5. The molecule has 1 fully saturated rings. The second-order valence-electron chi connectivity index (χ2n) is 9.00. The Balaban J connectivity index is 1.28. The molecule has 1 saturated heterocycles. The molecule has 0 radical (unpaired) electrons. The van der Waals surface area contributed by atoms with E-state index in [2.05, 4.69) is 63.0 Å². The molecule has 6 rings (SSSR count). The second-order valence-corrected chi connectivity index (χ2v) is 10.4. The molecule has 1 aliphatic rings. The largest absolute Gasteiger partial charge is 0.295 e. The zero-order valence-electron chi connectivity index (χ0n) is 19.3. The lowest BCUT2D eigenvalue weighted by molar-refractivity contribution is 0.156. The number of pyridine rings is 1. The van der Waals surface area contributed by atoms with Crippen LogP contribution in [0.4, 0.5) is 0 Å². The molecule has 176 valence electrons. The van der Waals surface area contributed by atoms with Crippen LogP contribution >= 0.6 is 23.6 Å². The van der Waals surface area contributed by atoms with Crippen LogP contribution in [-0.4, -0.2) is 42.3 Å². The van der Waals surface area contributed by atoms with Crippen molar-refractivity contribution in [3.8, 4) is 11.4 Å². The Hall–Kier alpha value is -3.20. The van der Waals surface area contributed by atoms with Crippen LogP contribution in [0.15, 0.2) is 79.1 Å². The van der Waals surface area contributed by atoms with Crippen LogP contribution in [0.3, 0.4) is 0 Å². The van der Waals surface area contributed by atoms with Crippen LogP contribution < -0.4 is 0 Å². The lowest BCUT2D eigenvalue weighted by Crippen LogP contribution is -2.36. The molecule has 0 spiro atoms. The Morgan fingerprint density at radius 1 is 1.00 bits per heavy atom. The number of thiazole rings is 1. The maximum absolute atomic E-state index is 5.95. The SMILES string of the molecule is S=c1n(CN2CCCC(c3nc4ccccc4s3)C2)nc(-c2cccnc2)n1Cc1ccccc1. The number of hydrogen-bond donors (Lipinski definition) is 0. The summed E-state index contributed by atoms with van der Waals surface area (Å²) in [5, 5.41) is 6.22. The first-order valence-corrected chi connectivity index (χ1v) is 13.2. The van der Waals surface area contributed by atoms with Crippen LogP contribution in [0.2, 0.25) is 0 Å². The molecule has 1 unspecified atom stereocenters. The average Bonchev–Trinajstić information content (AvgIpc) is 3.47. The molecule has 4 heterocycles. The Morgan fingerprint density at radius 2 is 1.86 bits per heavy atom. The average molecular weight is 499 g/mol. The Labute approximate surface area is 213 Å². The minimum absolute atomic E-state index is 0.444. The number of para-hydroxylation sites is 1. The topological polar surface area (TPSA) is 51.8 Å². The third-order valence-corrected chi connectivity index (χ3v) is 8.16. The molecular weight excluding hydrogens is 472 g/mol. The Bertz CT molecular complexity index is 1460.